The minimum absolute atomic E-state index is 0.0766. The molecule has 1 aliphatic rings. The molecule has 0 bridgehead atoms. The van der Waals surface area contributed by atoms with E-state index in [4.69, 9.17) is 20.8 Å². The van der Waals surface area contributed by atoms with Crippen LogP contribution in [-0.4, -0.2) is 14.8 Å². The van der Waals surface area contributed by atoms with Gasteiger partial charge in [-0.05, 0) is 63.4 Å². The van der Waals surface area contributed by atoms with Crippen LogP contribution in [0.4, 0.5) is 0 Å². The van der Waals surface area contributed by atoms with E-state index in [1.54, 1.807) is 25.3 Å². The second kappa shape index (κ2) is 8.05. The molecule has 0 N–H and O–H groups in total. The number of hydrogen-bond donors (Lipinski definition) is 0. The van der Waals surface area contributed by atoms with Gasteiger partial charge < -0.3 is 9.15 Å². The molecule has 0 unspecified atom stereocenters. The second-order valence-corrected chi connectivity index (χ2v) is 8.69. The Balaban J connectivity index is 1.67. The maximum absolute atomic E-state index is 13.4. The molecule has 1 aromatic carbocycles. The summed E-state index contributed by atoms with van der Waals surface area (Å²) in [6.45, 7) is 6.44. The maximum Gasteiger partial charge on any atom is 0.196 e. The molecule has 166 valence electrons. The summed E-state index contributed by atoms with van der Waals surface area (Å²) in [5.74, 6) is 0.854. The molecule has 0 saturated carbocycles. The fourth-order valence-electron chi connectivity index (χ4n) is 4.43. The van der Waals surface area contributed by atoms with E-state index >= 15 is 0 Å². The van der Waals surface area contributed by atoms with E-state index in [-0.39, 0.29) is 16.3 Å². The predicted octanol–water partition coefficient (Wildman–Crippen LogP) is 5.28. The van der Waals surface area contributed by atoms with Gasteiger partial charge in [-0.2, -0.15) is 10.4 Å². The van der Waals surface area contributed by atoms with E-state index in [1.165, 1.54) is 0 Å². The van der Waals surface area contributed by atoms with Crippen molar-refractivity contribution in [1.29, 1.82) is 5.26 Å². The zero-order valence-electron chi connectivity index (χ0n) is 18.5. The monoisotopic (exact) mass is 460 g/mol. The molecule has 5 rings (SSSR count). The fraction of sp³-hybridized carbons (Fsp3) is 0.280. The highest BCUT2D eigenvalue weighted by Gasteiger charge is 2.24. The van der Waals surface area contributed by atoms with Gasteiger partial charge in [0.1, 0.15) is 28.7 Å². The molecule has 1 aliphatic heterocycles. The van der Waals surface area contributed by atoms with Crippen molar-refractivity contribution >= 4 is 22.6 Å². The molecule has 4 heterocycles. The van der Waals surface area contributed by atoms with Crippen molar-refractivity contribution in [1.82, 2.24) is 14.8 Å². The molecule has 3 aromatic heterocycles. The van der Waals surface area contributed by atoms with Crippen molar-refractivity contribution < 1.29 is 9.15 Å². The van der Waals surface area contributed by atoms with Crippen LogP contribution in [0.2, 0.25) is 5.15 Å². The summed E-state index contributed by atoms with van der Waals surface area (Å²) in [5.41, 5.74) is 4.62. The average Bonchev–Trinajstić information content (AvgIpc) is 3.41. The molecule has 33 heavy (non-hydrogen) atoms. The number of rotatable bonds is 4. The lowest BCUT2D eigenvalue weighted by atomic mass is 10.00. The molecule has 0 spiro atoms. The Hall–Kier alpha value is -3.63. The summed E-state index contributed by atoms with van der Waals surface area (Å²) < 4.78 is 14.5. The number of nitriles is 1. The van der Waals surface area contributed by atoms with Gasteiger partial charge in [-0.15, -0.1) is 0 Å². The summed E-state index contributed by atoms with van der Waals surface area (Å²) in [5, 5.41) is 14.6. The summed E-state index contributed by atoms with van der Waals surface area (Å²) in [6, 6.07) is 8.96. The van der Waals surface area contributed by atoms with E-state index in [0.717, 1.165) is 36.2 Å². The quantitative estimate of drug-likeness (QED) is 0.384. The molecule has 0 aliphatic carbocycles. The van der Waals surface area contributed by atoms with Gasteiger partial charge in [0.15, 0.2) is 16.9 Å². The van der Waals surface area contributed by atoms with Gasteiger partial charge in [0.05, 0.1) is 17.1 Å². The van der Waals surface area contributed by atoms with Crippen LogP contribution in [0.1, 0.15) is 47.5 Å². The number of aromatic nitrogens is 3. The summed E-state index contributed by atoms with van der Waals surface area (Å²) >= 11 is 5.91. The number of halogens is 1. The van der Waals surface area contributed by atoms with Crippen molar-refractivity contribution in [2.45, 2.75) is 46.3 Å². The van der Waals surface area contributed by atoms with Gasteiger partial charge >= 0.3 is 0 Å². The normalized spacial score (nSPS) is 13.7. The molecule has 4 aromatic rings. The smallest absolute Gasteiger partial charge is 0.196 e. The second-order valence-electron chi connectivity index (χ2n) is 8.30. The molecular weight excluding hydrogens is 440 g/mol. The van der Waals surface area contributed by atoms with Crippen LogP contribution >= 0.6 is 11.6 Å². The van der Waals surface area contributed by atoms with Crippen LogP contribution in [0.25, 0.3) is 22.3 Å². The van der Waals surface area contributed by atoms with Crippen LogP contribution in [0, 0.1) is 25.2 Å². The SMILES string of the molecule is Cc1cc([C@@H](C)Oc2ccc(Cl)nc2C#N)c2oc(-c3cnn4c3CCC4)c(C)c(=O)c2c1. The van der Waals surface area contributed by atoms with E-state index in [2.05, 4.69) is 10.1 Å². The van der Waals surface area contributed by atoms with Crippen molar-refractivity contribution in [2.24, 2.45) is 0 Å². The van der Waals surface area contributed by atoms with Crippen LogP contribution in [0.3, 0.4) is 0 Å². The largest absolute Gasteiger partial charge is 0.483 e. The van der Waals surface area contributed by atoms with Gasteiger partial charge in [0.25, 0.3) is 0 Å². The lowest BCUT2D eigenvalue weighted by Gasteiger charge is -2.18. The minimum atomic E-state index is -0.515. The van der Waals surface area contributed by atoms with Crippen LogP contribution in [0.15, 0.2) is 39.7 Å². The standard InChI is InChI=1S/C25H21ClN4O3/c1-13-9-16(15(3)32-21-6-7-22(26)29-19(21)11-27)25-17(10-13)23(31)14(2)24(33-25)18-12-28-30-8-4-5-20(18)30/h6-7,9-10,12,15H,4-5,8H2,1-3H3/t15-/m1/s1. The third-order valence-corrected chi connectivity index (χ3v) is 6.25. The minimum Gasteiger partial charge on any atom is -0.483 e. The Labute approximate surface area is 195 Å². The lowest BCUT2D eigenvalue weighted by molar-refractivity contribution is 0.225. The topological polar surface area (TPSA) is 93.9 Å². The number of hydrogen-bond acceptors (Lipinski definition) is 6. The lowest BCUT2D eigenvalue weighted by Crippen LogP contribution is -2.12. The first-order chi connectivity index (χ1) is 15.9. The van der Waals surface area contributed by atoms with Gasteiger partial charge in [-0.1, -0.05) is 11.6 Å². The Bertz CT molecular complexity index is 1510. The zero-order chi connectivity index (χ0) is 23.3. The number of pyridine rings is 1. The summed E-state index contributed by atoms with van der Waals surface area (Å²) in [7, 11) is 0. The Kier molecular flexibility index (Phi) is 5.18. The Morgan fingerprint density at radius 1 is 1.30 bits per heavy atom. The van der Waals surface area contributed by atoms with Crippen molar-refractivity contribution in [3.63, 3.8) is 0 Å². The molecule has 0 saturated heterocycles. The van der Waals surface area contributed by atoms with Gasteiger partial charge in [-0.3, -0.25) is 9.48 Å². The third-order valence-electron chi connectivity index (χ3n) is 6.04. The van der Waals surface area contributed by atoms with Gasteiger partial charge in [-0.25, -0.2) is 4.98 Å². The number of nitrogens with zero attached hydrogens (tertiary/aromatic N) is 4. The number of fused-ring (bicyclic) bond motifs is 2. The van der Waals surface area contributed by atoms with Crippen molar-refractivity contribution in [3.05, 3.63) is 73.9 Å². The van der Waals surface area contributed by atoms with E-state index in [9.17, 15) is 10.1 Å². The van der Waals surface area contributed by atoms with Crippen LogP contribution < -0.4 is 10.2 Å². The zero-order valence-corrected chi connectivity index (χ0v) is 19.2. The molecular formula is C25H21ClN4O3. The predicted molar refractivity (Wildman–Crippen MR) is 125 cm³/mol. The molecule has 1 atom stereocenters. The number of ether oxygens (including phenoxy) is 1. The molecule has 0 radical (unpaired) electrons. The van der Waals surface area contributed by atoms with E-state index in [0.29, 0.717) is 33.6 Å². The highest BCUT2D eigenvalue weighted by molar-refractivity contribution is 6.29. The van der Waals surface area contributed by atoms with Crippen LogP contribution in [0.5, 0.6) is 5.75 Å². The van der Waals surface area contributed by atoms with Crippen LogP contribution in [-0.2, 0) is 13.0 Å². The van der Waals surface area contributed by atoms with Gasteiger partial charge in [0.2, 0.25) is 0 Å². The first-order valence-electron chi connectivity index (χ1n) is 10.7. The highest BCUT2D eigenvalue weighted by Crippen LogP contribution is 2.35. The van der Waals surface area contributed by atoms with Crippen molar-refractivity contribution in [2.75, 3.05) is 0 Å². The maximum atomic E-state index is 13.4. The van der Waals surface area contributed by atoms with Gasteiger partial charge in [0, 0.05) is 23.4 Å². The first kappa shape index (κ1) is 21.2. The Morgan fingerprint density at radius 3 is 2.91 bits per heavy atom. The highest BCUT2D eigenvalue weighted by atomic mass is 35.5. The van der Waals surface area contributed by atoms with E-state index < -0.39 is 6.10 Å². The summed E-state index contributed by atoms with van der Waals surface area (Å²) in [4.78, 5) is 17.4. The Morgan fingerprint density at radius 2 is 2.12 bits per heavy atom. The summed E-state index contributed by atoms with van der Waals surface area (Å²) in [6.07, 6.45) is 3.19. The first-order valence-corrected chi connectivity index (χ1v) is 11.1. The van der Waals surface area contributed by atoms with Crippen molar-refractivity contribution in [3.8, 4) is 23.1 Å². The molecule has 7 nitrogen and oxygen atoms in total. The number of aryl methyl sites for hydroxylation is 2. The molecule has 0 fully saturated rings. The average molecular weight is 461 g/mol. The number of benzene rings is 1. The fourth-order valence-corrected chi connectivity index (χ4v) is 4.58. The molecule has 0 amide bonds. The third kappa shape index (κ3) is 3.57. The molecule has 8 heteroatoms. The van der Waals surface area contributed by atoms with E-state index in [1.807, 2.05) is 36.7 Å².